The van der Waals surface area contributed by atoms with Crippen molar-refractivity contribution in [2.45, 2.75) is 76.3 Å². The molecule has 6 nitrogen and oxygen atoms in total. The van der Waals surface area contributed by atoms with Crippen LogP contribution in [0.4, 0.5) is 5.69 Å². The molecule has 0 radical (unpaired) electrons. The third kappa shape index (κ3) is 6.00. The summed E-state index contributed by atoms with van der Waals surface area (Å²) < 4.78 is 34.2. The van der Waals surface area contributed by atoms with Crippen molar-refractivity contribution in [1.29, 1.82) is 0 Å². The Morgan fingerprint density at radius 3 is 2.42 bits per heavy atom. The number of carbonyl (C=O) groups is 1. The molecule has 0 saturated heterocycles. The summed E-state index contributed by atoms with van der Waals surface area (Å²) in [5.41, 5.74) is 2.44. The Hall–Kier alpha value is -2.54. The highest BCUT2D eigenvalue weighted by atomic mass is 32.2. The fourth-order valence-electron chi connectivity index (χ4n) is 3.88. The molecule has 1 fully saturated rings. The summed E-state index contributed by atoms with van der Waals surface area (Å²) in [4.78, 5) is 12.5. The minimum absolute atomic E-state index is 0.142. The monoisotopic (exact) mass is 444 g/mol. The number of aryl methyl sites for hydroxylation is 2. The van der Waals surface area contributed by atoms with Gasteiger partial charge in [0.25, 0.3) is 15.9 Å². The molecule has 1 amide bonds. The molecule has 2 aromatic rings. The van der Waals surface area contributed by atoms with E-state index in [9.17, 15) is 13.2 Å². The van der Waals surface area contributed by atoms with Crippen LogP contribution < -0.4 is 14.8 Å². The van der Waals surface area contributed by atoms with E-state index < -0.39 is 16.1 Å². The number of hydrogen-bond donors (Lipinski definition) is 2. The number of hydrogen-bond acceptors (Lipinski definition) is 4. The van der Waals surface area contributed by atoms with E-state index in [1.165, 1.54) is 18.6 Å². The number of rotatable bonds is 8. The van der Waals surface area contributed by atoms with Crippen molar-refractivity contribution >= 4 is 21.6 Å². The van der Waals surface area contributed by atoms with E-state index in [2.05, 4.69) is 10.0 Å². The Morgan fingerprint density at radius 1 is 1.10 bits per heavy atom. The van der Waals surface area contributed by atoms with Crippen LogP contribution in [0.25, 0.3) is 0 Å². The molecule has 1 atom stereocenters. The Balaban J connectivity index is 1.64. The molecule has 0 heterocycles. The van der Waals surface area contributed by atoms with Gasteiger partial charge in [-0.1, -0.05) is 44.4 Å². The summed E-state index contributed by atoms with van der Waals surface area (Å²) in [6.45, 7) is 5.58. The molecule has 7 heteroatoms. The van der Waals surface area contributed by atoms with Crippen LogP contribution in [0.3, 0.4) is 0 Å². The van der Waals surface area contributed by atoms with E-state index in [1.807, 2.05) is 32.0 Å². The van der Waals surface area contributed by atoms with E-state index in [-0.39, 0.29) is 16.8 Å². The lowest BCUT2D eigenvalue weighted by atomic mass is 9.95. The third-order valence-electron chi connectivity index (χ3n) is 5.74. The third-order valence-corrected chi connectivity index (χ3v) is 7.11. The zero-order valence-electron chi connectivity index (χ0n) is 18.5. The zero-order chi connectivity index (χ0) is 22.4. The lowest BCUT2D eigenvalue weighted by molar-refractivity contribution is -0.128. The van der Waals surface area contributed by atoms with Crippen molar-refractivity contribution in [1.82, 2.24) is 5.32 Å². The average Bonchev–Trinajstić information content (AvgIpc) is 2.76. The minimum atomic E-state index is -3.73. The van der Waals surface area contributed by atoms with Crippen LogP contribution in [0.1, 0.15) is 57.1 Å². The standard InChI is InChI=1S/C24H32N2O4S/c1-4-19-10-8-9-17(2)23(19)26-31(28,29)22-15-13-21(14-16-22)30-18(3)24(27)25-20-11-6-5-7-12-20/h8-10,13-16,18,20,26H,4-7,11-12H2,1-3H3,(H,25,27)/t18-/m1/s1. The highest BCUT2D eigenvalue weighted by Gasteiger charge is 2.21. The largest absolute Gasteiger partial charge is 0.481 e. The van der Waals surface area contributed by atoms with Gasteiger partial charge in [0.2, 0.25) is 0 Å². The normalized spacial score (nSPS) is 15.8. The molecule has 168 valence electrons. The predicted molar refractivity (Wildman–Crippen MR) is 123 cm³/mol. The minimum Gasteiger partial charge on any atom is -0.481 e. The Kier molecular flexibility index (Phi) is 7.59. The van der Waals surface area contributed by atoms with Crippen molar-refractivity contribution in [3.8, 4) is 5.75 Å². The molecular weight excluding hydrogens is 412 g/mol. The molecule has 0 bridgehead atoms. The van der Waals surface area contributed by atoms with Crippen molar-refractivity contribution in [3.63, 3.8) is 0 Å². The van der Waals surface area contributed by atoms with E-state index in [4.69, 9.17) is 4.74 Å². The molecule has 1 aliphatic rings. The lowest BCUT2D eigenvalue weighted by Crippen LogP contribution is -2.43. The average molecular weight is 445 g/mol. The first-order chi connectivity index (χ1) is 14.8. The lowest BCUT2D eigenvalue weighted by Gasteiger charge is -2.24. The summed E-state index contributed by atoms with van der Waals surface area (Å²) in [5.74, 6) is 0.312. The van der Waals surface area contributed by atoms with Gasteiger partial charge in [0.15, 0.2) is 6.10 Å². The molecule has 0 spiro atoms. The SMILES string of the molecule is CCc1cccc(C)c1NS(=O)(=O)c1ccc(O[C@H](C)C(=O)NC2CCCCC2)cc1. The van der Waals surface area contributed by atoms with E-state index in [1.54, 1.807) is 19.1 Å². The summed E-state index contributed by atoms with van der Waals surface area (Å²) in [5, 5.41) is 3.05. The maximum atomic E-state index is 12.9. The maximum Gasteiger partial charge on any atom is 0.261 e. The van der Waals surface area contributed by atoms with E-state index in [0.717, 1.165) is 43.2 Å². The summed E-state index contributed by atoms with van der Waals surface area (Å²) >= 11 is 0. The van der Waals surface area contributed by atoms with E-state index >= 15 is 0 Å². The molecular formula is C24H32N2O4S. The Labute approximate surface area is 185 Å². The molecule has 0 aromatic heterocycles. The van der Waals surface area contributed by atoms with Gasteiger partial charge in [-0.2, -0.15) is 0 Å². The van der Waals surface area contributed by atoms with Crippen LogP contribution >= 0.6 is 0 Å². The maximum absolute atomic E-state index is 12.9. The first kappa shape index (κ1) is 23.1. The van der Waals surface area contributed by atoms with Gasteiger partial charge in [0.05, 0.1) is 10.6 Å². The molecule has 31 heavy (non-hydrogen) atoms. The van der Waals surface area contributed by atoms with Crippen molar-refractivity contribution < 1.29 is 17.9 Å². The van der Waals surface area contributed by atoms with Gasteiger partial charge in [-0.3, -0.25) is 9.52 Å². The number of carbonyl (C=O) groups excluding carboxylic acids is 1. The van der Waals surface area contributed by atoms with Crippen molar-refractivity contribution in [3.05, 3.63) is 53.6 Å². The van der Waals surface area contributed by atoms with Crippen LogP contribution in [0, 0.1) is 6.92 Å². The number of amides is 1. The Morgan fingerprint density at radius 2 is 1.77 bits per heavy atom. The number of para-hydroxylation sites is 1. The second-order valence-electron chi connectivity index (χ2n) is 8.14. The molecule has 0 aliphatic heterocycles. The molecule has 1 saturated carbocycles. The highest BCUT2D eigenvalue weighted by molar-refractivity contribution is 7.92. The van der Waals surface area contributed by atoms with Gasteiger partial charge in [-0.05, 0) is 68.5 Å². The van der Waals surface area contributed by atoms with Crippen molar-refractivity contribution in [2.24, 2.45) is 0 Å². The number of benzene rings is 2. The number of anilines is 1. The summed E-state index contributed by atoms with van der Waals surface area (Å²) in [7, 11) is -3.73. The summed E-state index contributed by atoms with van der Waals surface area (Å²) in [6.07, 6.45) is 5.62. The number of ether oxygens (including phenoxy) is 1. The first-order valence-corrected chi connectivity index (χ1v) is 12.5. The van der Waals surface area contributed by atoms with Crippen LogP contribution in [-0.2, 0) is 21.2 Å². The van der Waals surface area contributed by atoms with Crippen LogP contribution in [0.2, 0.25) is 0 Å². The Bertz CT molecular complexity index is 997. The number of nitrogens with one attached hydrogen (secondary N) is 2. The molecule has 1 aliphatic carbocycles. The summed E-state index contributed by atoms with van der Waals surface area (Å²) in [6, 6.07) is 12.1. The van der Waals surface area contributed by atoms with Crippen LogP contribution in [-0.4, -0.2) is 26.5 Å². The van der Waals surface area contributed by atoms with Gasteiger partial charge in [0.1, 0.15) is 5.75 Å². The second kappa shape index (κ2) is 10.2. The van der Waals surface area contributed by atoms with Gasteiger partial charge in [0, 0.05) is 6.04 Å². The molecule has 0 unspecified atom stereocenters. The molecule has 3 rings (SSSR count). The fraction of sp³-hybridized carbons (Fsp3) is 0.458. The molecule has 2 N–H and O–H groups in total. The smallest absolute Gasteiger partial charge is 0.261 e. The second-order valence-corrected chi connectivity index (χ2v) is 9.83. The zero-order valence-corrected chi connectivity index (χ0v) is 19.3. The fourth-order valence-corrected chi connectivity index (χ4v) is 5.06. The van der Waals surface area contributed by atoms with Crippen LogP contribution in [0.5, 0.6) is 5.75 Å². The highest BCUT2D eigenvalue weighted by Crippen LogP contribution is 2.26. The number of sulfonamides is 1. The van der Waals surface area contributed by atoms with Gasteiger partial charge in [-0.25, -0.2) is 8.42 Å². The van der Waals surface area contributed by atoms with Gasteiger partial charge in [-0.15, -0.1) is 0 Å². The topological polar surface area (TPSA) is 84.5 Å². The molecule has 2 aromatic carbocycles. The first-order valence-electron chi connectivity index (χ1n) is 11.0. The van der Waals surface area contributed by atoms with Gasteiger partial charge >= 0.3 is 0 Å². The van der Waals surface area contributed by atoms with Gasteiger partial charge < -0.3 is 10.1 Å². The predicted octanol–water partition coefficient (Wildman–Crippen LogP) is 4.57. The van der Waals surface area contributed by atoms with Crippen LogP contribution in [0.15, 0.2) is 47.4 Å². The van der Waals surface area contributed by atoms with E-state index in [0.29, 0.717) is 11.4 Å². The van der Waals surface area contributed by atoms with Crippen molar-refractivity contribution in [2.75, 3.05) is 4.72 Å². The quantitative estimate of drug-likeness (QED) is 0.624.